The van der Waals surface area contributed by atoms with Crippen molar-refractivity contribution in [3.8, 4) is 11.5 Å². The van der Waals surface area contributed by atoms with Crippen molar-refractivity contribution in [3.63, 3.8) is 0 Å². The van der Waals surface area contributed by atoms with E-state index in [1.807, 2.05) is 31.3 Å². The van der Waals surface area contributed by atoms with Gasteiger partial charge in [-0.05, 0) is 36.7 Å². The summed E-state index contributed by atoms with van der Waals surface area (Å²) in [5.41, 5.74) is 2.68. The summed E-state index contributed by atoms with van der Waals surface area (Å²) >= 11 is 0. The average Bonchev–Trinajstić information content (AvgIpc) is 2.86. The zero-order valence-corrected chi connectivity index (χ0v) is 12.5. The molecule has 3 rings (SSSR count). The van der Waals surface area contributed by atoms with Gasteiger partial charge in [0.2, 0.25) is 0 Å². The number of nitrogens with one attached hydrogen (secondary N) is 1. The van der Waals surface area contributed by atoms with Gasteiger partial charge in [0.25, 0.3) is 0 Å². The molecular weight excluding hydrogens is 262 g/mol. The molecule has 1 N–H and O–H groups in total. The zero-order chi connectivity index (χ0) is 14.7. The van der Waals surface area contributed by atoms with Gasteiger partial charge >= 0.3 is 0 Å². The fourth-order valence-corrected chi connectivity index (χ4v) is 3.10. The molecule has 21 heavy (non-hydrogen) atoms. The maximum atomic E-state index is 6.32. The summed E-state index contributed by atoms with van der Waals surface area (Å²) in [6.07, 6.45) is 1.13. The van der Waals surface area contributed by atoms with Crippen LogP contribution in [0, 0.1) is 5.92 Å². The van der Waals surface area contributed by atoms with Gasteiger partial charge in [-0.25, -0.2) is 0 Å². The number of ether oxygens (including phenoxy) is 2. The maximum Gasteiger partial charge on any atom is 0.162 e. The zero-order valence-electron chi connectivity index (χ0n) is 12.5. The standard InChI is InChI=1S/C18H21NO2/c1-19-12-14-11-13-7-3-4-8-15(13)18(14)21-17-10-6-5-9-16(17)20-2/h3-10,14,18-19H,11-12H2,1-2H3. The number of hydrogen-bond acceptors (Lipinski definition) is 3. The van der Waals surface area contributed by atoms with Crippen molar-refractivity contribution in [1.82, 2.24) is 5.32 Å². The second-order valence-corrected chi connectivity index (χ2v) is 5.41. The van der Waals surface area contributed by atoms with Crippen LogP contribution >= 0.6 is 0 Å². The van der Waals surface area contributed by atoms with Crippen LogP contribution in [0.15, 0.2) is 48.5 Å². The fraction of sp³-hybridized carbons (Fsp3) is 0.333. The number of fused-ring (bicyclic) bond motifs is 1. The van der Waals surface area contributed by atoms with Gasteiger partial charge in [-0.3, -0.25) is 0 Å². The lowest BCUT2D eigenvalue weighted by Crippen LogP contribution is -2.25. The summed E-state index contributed by atoms with van der Waals surface area (Å²) in [5, 5.41) is 3.28. The van der Waals surface area contributed by atoms with Crippen molar-refractivity contribution in [2.24, 2.45) is 5.92 Å². The Morgan fingerprint density at radius 3 is 2.52 bits per heavy atom. The molecule has 0 heterocycles. The lowest BCUT2D eigenvalue weighted by atomic mass is 10.0. The second kappa shape index (κ2) is 6.19. The molecule has 1 aliphatic rings. The third-order valence-electron chi connectivity index (χ3n) is 4.06. The smallest absolute Gasteiger partial charge is 0.162 e. The molecule has 110 valence electrons. The fourth-order valence-electron chi connectivity index (χ4n) is 3.10. The van der Waals surface area contributed by atoms with Gasteiger partial charge in [0.1, 0.15) is 6.10 Å². The minimum atomic E-state index is 0.0740. The average molecular weight is 283 g/mol. The number of rotatable bonds is 5. The van der Waals surface area contributed by atoms with Crippen molar-refractivity contribution in [1.29, 1.82) is 0 Å². The molecule has 0 fully saturated rings. The Kier molecular flexibility index (Phi) is 4.11. The molecule has 0 amide bonds. The molecule has 0 aromatic heterocycles. The van der Waals surface area contributed by atoms with Gasteiger partial charge in [0.05, 0.1) is 7.11 Å². The Bertz CT molecular complexity index is 612. The highest BCUT2D eigenvalue weighted by molar-refractivity contribution is 5.42. The van der Waals surface area contributed by atoms with E-state index in [9.17, 15) is 0 Å². The van der Waals surface area contributed by atoms with Crippen molar-refractivity contribution in [2.75, 3.05) is 20.7 Å². The summed E-state index contributed by atoms with van der Waals surface area (Å²) in [4.78, 5) is 0. The maximum absolute atomic E-state index is 6.32. The monoisotopic (exact) mass is 283 g/mol. The molecule has 3 heteroatoms. The highest BCUT2D eigenvalue weighted by Crippen LogP contribution is 2.41. The minimum absolute atomic E-state index is 0.0740. The Hall–Kier alpha value is -2.00. The van der Waals surface area contributed by atoms with Crippen LogP contribution in [0.1, 0.15) is 17.2 Å². The van der Waals surface area contributed by atoms with Gasteiger partial charge in [0.15, 0.2) is 11.5 Å². The topological polar surface area (TPSA) is 30.5 Å². The number of benzene rings is 2. The highest BCUT2D eigenvalue weighted by Gasteiger charge is 2.33. The van der Waals surface area contributed by atoms with Crippen molar-refractivity contribution >= 4 is 0 Å². The molecule has 2 aromatic rings. The summed E-state index contributed by atoms with van der Waals surface area (Å²) in [5.74, 6) is 2.03. The van der Waals surface area contributed by atoms with Crippen LogP contribution in [0.5, 0.6) is 11.5 Å². The summed E-state index contributed by atoms with van der Waals surface area (Å²) < 4.78 is 11.7. The molecule has 2 unspecified atom stereocenters. The molecule has 0 saturated heterocycles. The van der Waals surface area contributed by atoms with Crippen molar-refractivity contribution in [3.05, 3.63) is 59.7 Å². The SMILES string of the molecule is CNCC1Cc2ccccc2C1Oc1ccccc1OC. The van der Waals surface area contributed by atoms with E-state index in [4.69, 9.17) is 9.47 Å². The van der Waals surface area contributed by atoms with E-state index in [1.165, 1.54) is 11.1 Å². The quantitative estimate of drug-likeness (QED) is 0.914. The molecule has 0 spiro atoms. The van der Waals surface area contributed by atoms with Crippen molar-refractivity contribution in [2.45, 2.75) is 12.5 Å². The molecule has 1 aliphatic carbocycles. The molecule has 2 aromatic carbocycles. The summed E-state index contributed by atoms with van der Waals surface area (Å²) in [6, 6.07) is 16.4. The first-order valence-corrected chi connectivity index (χ1v) is 7.35. The highest BCUT2D eigenvalue weighted by atomic mass is 16.5. The molecular formula is C18H21NO2. The van der Waals surface area contributed by atoms with E-state index in [-0.39, 0.29) is 6.10 Å². The predicted molar refractivity (Wildman–Crippen MR) is 83.9 cm³/mol. The molecule has 0 bridgehead atoms. The van der Waals surface area contributed by atoms with Gasteiger partial charge in [-0.2, -0.15) is 0 Å². The third kappa shape index (κ3) is 2.74. The van der Waals surface area contributed by atoms with Gasteiger partial charge in [0, 0.05) is 12.5 Å². The van der Waals surface area contributed by atoms with E-state index in [0.29, 0.717) is 5.92 Å². The van der Waals surface area contributed by atoms with Gasteiger partial charge in [-0.1, -0.05) is 36.4 Å². The Morgan fingerprint density at radius 1 is 1.05 bits per heavy atom. The molecule has 0 aliphatic heterocycles. The van der Waals surface area contributed by atoms with Crippen LogP contribution in [-0.2, 0) is 6.42 Å². The summed E-state index contributed by atoms with van der Waals surface area (Å²) in [6.45, 7) is 0.939. The normalized spacial score (nSPS) is 20.1. The van der Waals surface area contributed by atoms with Gasteiger partial charge in [-0.15, -0.1) is 0 Å². The Labute approximate surface area is 125 Å². The number of hydrogen-bond donors (Lipinski definition) is 1. The van der Waals surface area contributed by atoms with Crippen molar-refractivity contribution < 1.29 is 9.47 Å². The van der Waals surface area contributed by atoms with Crippen LogP contribution in [0.3, 0.4) is 0 Å². The molecule has 2 atom stereocenters. The Morgan fingerprint density at radius 2 is 1.76 bits per heavy atom. The van der Waals surface area contributed by atoms with E-state index in [1.54, 1.807) is 7.11 Å². The van der Waals surface area contributed by atoms with Crippen LogP contribution < -0.4 is 14.8 Å². The first-order valence-electron chi connectivity index (χ1n) is 7.35. The van der Waals surface area contributed by atoms with E-state index in [2.05, 4.69) is 29.6 Å². The predicted octanol–water partition coefficient (Wildman–Crippen LogP) is 3.21. The lowest BCUT2D eigenvalue weighted by Gasteiger charge is -2.23. The van der Waals surface area contributed by atoms with Crippen LogP contribution in [0.2, 0.25) is 0 Å². The molecule has 3 nitrogen and oxygen atoms in total. The Balaban J connectivity index is 1.91. The van der Waals surface area contributed by atoms with Crippen LogP contribution in [0.4, 0.5) is 0 Å². The van der Waals surface area contributed by atoms with E-state index >= 15 is 0 Å². The minimum Gasteiger partial charge on any atom is -0.493 e. The van der Waals surface area contributed by atoms with E-state index in [0.717, 1.165) is 24.5 Å². The van der Waals surface area contributed by atoms with E-state index < -0.39 is 0 Å². The molecule has 0 saturated carbocycles. The van der Waals surface area contributed by atoms with Gasteiger partial charge < -0.3 is 14.8 Å². The largest absolute Gasteiger partial charge is 0.493 e. The third-order valence-corrected chi connectivity index (χ3v) is 4.06. The first-order chi connectivity index (χ1) is 10.3. The molecule has 0 radical (unpaired) electrons. The number of methoxy groups -OCH3 is 1. The van der Waals surface area contributed by atoms with Crippen LogP contribution in [0.25, 0.3) is 0 Å². The van der Waals surface area contributed by atoms with Crippen LogP contribution in [-0.4, -0.2) is 20.7 Å². The lowest BCUT2D eigenvalue weighted by molar-refractivity contribution is 0.144. The number of para-hydroxylation sites is 2. The first kappa shape index (κ1) is 14.0. The summed E-state index contributed by atoms with van der Waals surface area (Å²) in [7, 11) is 3.67. The second-order valence-electron chi connectivity index (χ2n) is 5.41.